The van der Waals surface area contributed by atoms with E-state index in [0.717, 1.165) is 50.0 Å². The smallest absolute Gasteiger partial charge is 0.372 e. The number of rotatable bonds is 5. The van der Waals surface area contributed by atoms with E-state index in [4.69, 9.17) is 32.8 Å². The van der Waals surface area contributed by atoms with E-state index >= 15 is 0 Å². The van der Waals surface area contributed by atoms with Gasteiger partial charge in [0.1, 0.15) is 24.5 Å². The highest BCUT2D eigenvalue weighted by Crippen LogP contribution is 2.42. The molecule has 4 rings (SSSR count). The minimum Gasteiger partial charge on any atom is -0.497 e. The molecule has 0 bridgehead atoms. The summed E-state index contributed by atoms with van der Waals surface area (Å²) in [5.41, 5.74) is 4.61. The summed E-state index contributed by atoms with van der Waals surface area (Å²) in [5, 5.41) is 1.21. The summed E-state index contributed by atoms with van der Waals surface area (Å²) >= 11 is 0. The molecular weight excluding hydrogens is 468 g/mol. The number of allylic oxidation sites excluding steroid dienone is 1. The van der Waals surface area contributed by atoms with Gasteiger partial charge < -0.3 is 19.2 Å². The Morgan fingerprint density at radius 3 is 2.47 bits per heavy atom. The Morgan fingerprint density at radius 1 is 1.18 bits per heavy atom. The number of aromatic nitrogens is 1. The van der Waals surface area contributed by atoms with Gasteiger partial charge in [-0.2, -0.15) is 0 Å². The molecule has 34 heavy (non-hydrogen) atoms. The summed E-state index contributed by atoms with van der Waals surface area (Å²) in [6, 6.07) is 6.18. The summed E-state index contributed by atoms with van der Waals surface area (Å²) in [6.07, 6.45) is 5.90. The average Bonchev–Trinajstić information content (AvgIpc) is 3.18. The predicted octanol–water partition coefficient (Wildman–Crippen LogP) is -1.33. The highest BCUT2D eigenvalue weighted by atomic mass is 35.7. The van der Waals surface area contributed by atoms with Crippen LogP contribution in [-0.2, 0) is 20.7 Å². The van der Waals surface area contributed by atoms with E-state index in [1.165, 1.54) is 36.6 Å². The molecule has 11 heteroatoms. The molecule has 1 aromatic carbocycles. The van der Waals surface area contributed by atoms with Gasteiger partial charge in [-0.3, -0.25) is 0 Å². The van der Waals surface area contributed by atoms with Crippen LogP contribution in [-0.4, -0.2) is 55.7 Å². The van der Waals surface area contributed by atoms with Crippen molar-refractivity contribution in [3.05, 3.63) is 41.3 Å². The number of aromatic amines is 1. The van der Waals surface area contributed by atoms with Gasteiger partial charge in [0.05, 0.1) is 26.7 Å². The Balaban J connectivity index is 0.000000588. The fraction of sp³-hybridized carbons (Fsp3) is 0.478. The lowest BCUT2D eigenvalue weighted by Crippen LogP contribution is -2.68. The highest BCUT2D eigenvalue weighted by Gasteiger charge is 2.47. The molecule has 2 aliphatic heterocycles. The molecule has 1 atom stereocenters. The second-order valence-corrected chi connectivity index (χ2v) is 8.93. The predicted molar refractivity (Wildman–Crippen MR) is 112 cm³/mol. The zero-order valence-corrected chi connectivity index (χ0v) is 20.4. The number of benzene rings is 1. The summed E-state index contributed by atoms with van der Waals surface area (Å²) in [4.78, 5) is 15.9. The van der Waals surface area contributed by atoms with Crippen LogP contribution < -0.4 is 23.4 Å². The standard InChI is InChI=1S/C23H28N2O4.ClHO4/c1-5-23(14-19(28-3)22(26)29-4)10-6-11-25-12-9-16-17-13-15(27-2)7-8-18(17)24-20(16)21(23)25;2-1(3,4)5/h7-8,13-14H,5-6,9-12H2,1-4H3;(H,2,3,4,5)/t23-;/m0./s1. The molecular formula is C23H29ClN2O8. The van der Waals surface area contributed by atoms with Gasteiger partial charge in [0, 0.05) is 23.7 Å². The topological polar surface area (TPSA) is 156 Å². The van der Waals surface area contributed by atoms with Crippen molar-refractivity contribution >= 4 is 22.6 Å². The molecule has 0 aliphatic carbocycles. The van der Waals surface area contributed by atoms with Crippen molar-refractivity contribution < 1.29 is 52.5 Å². The lowest BCUT2D eigenvalue weighted by Gasteiger charge is -2.35. The number of nitrogens with one attached hydrogen (secondary N) is 1. The maximum atomic E-state index is 12.2. The van der Waals surface area contributed by atoms with Crippen LogP contribution >= 0.6 is 0 Å². The van der Waals surface area contributed by atoms with E-state index in [-0.39, 0.29) is 11.2 Å². The van der Waals surface area contributed by atoms with Crippen LogP contribution in [0.5, 0.6) is 5.75 Å². The third-order valence-electron chi connectivity index (χ3n) is 6.47. The van der Waals surface area contributed by atoms with Crippen molar-refractivity contribution in [3.63, 3.8) is 0 Å². The second-order valence-electron chi connectivity index (χ2n) is 8.17. The maximum absolute atomic E-state index is 12.2. The average molecular weight is 497 g/mol. The molecule has 10 nitrogen and oxygen atoms in total. The molecule has 3 heterocycles. The van der Waals surface area contributed by atoms with Gasteiger partial charge >= 0.3 is 5.97 Å². The van der Waals surface area contributed by atoms with Gasteiger partial charge in [-0.15, -0.1) is 10.2 Å². The maximum Gasteiger partial charge on any atom is 0.372 e. The lowest BCUT2D eigenvalue weighted by atomic mass is 9.71. The Morgan fingerprint density at radius 2 is 1.88 bits per heavy atom. The SMILES string of the molecule is CC[C@@]1(C=C(OC)C(=O)OC)CCC[N+]2=C1c1[nH]c3ccc(OC)cc3c1CC2.[O-][Cl+3]([O-])([O-])[O-]. The van der Waals surface area contributed by atoms with E-state index in [1.807, 2.05) is 12.1 Å². The van der Waals surface area contributed by atoms with Gasteiger partial charge in [-0.1, -0.05) is 6.92 Å². The number of hydrogen-bond acceptors (Lipinski definition) is 8. The number of H-pyrrole nitrogens is 1. The summed E-state index contributed by atoms with van der Waals surface area (Å²) in [5.74, 6) is 0.702. The first-order valence-electron chi connectivity index (χ1n) is 10.8. The lowest BCUT2D eigenvalue weighted by molar-refractivity contribution is -2.00. The third-order valence-corrected chi connectivity index (χ3v) is 6.47. The summed E-state index contributed by atoms with van der Waals surface area (Å²) in [6.45, 7) is 4.18. The Bertz CT molecular complexity index is 1110. The van der Waals surface area contributed by atoms with Gasteiger partial charge in [-0.05, 0) is 42.7 Å². The van der Waals surface area contributed by atoms with Crippen LogP contribution in [0.3, 0.4) is 0 Å². The Kier molecular flexibility index (Phi) is 7.89. The molecule has 0 fully saturated rings. The number of halogens is 1. The monoisotopic (exact) mass is 496 g/mol. The van der Waals surface area contributed by atoms with E-state index in [0.29, 0.717) is 0 Å². The van der Waals surface area contributed by atoms with Crippen LogP contribution in [0, 0.1) is 15.7 Å². The summed E-state index contributed by atoms with van der Waals surface area (Å²) < 4.78 is 52.3. The first-order valence-corrected chi connectivity index (χ1v) is 12.1. The Hall–Kier alpha value is -2.63. The van der Waals surface area contributed by atoms with Crippen LogP contribution in [0.2, 0.25) is 0 Å². The molecule has 1 N–H and O–H groups in total. The molecule has 1 aromatic heterocycles. The molecule has 0 radical (unpaired) electrons. The first-order chi connectivity index (χ1) is 16.1. The molecule has 0 spiro atoms. The van der Waals surface area contributed by atoms with Crippen molar-refractivity contribution in [2.45, 2.75) is 32.6 Å². The van der Waals surface area contributed by atoms with Gasteiger partial charge in [0.25, 0.3) is 0 Å². The number of nitrogens with zero attached hydrogens (tertiary/aromatic N) is 1. The van der Waals surface area contributed by atoms with Gasteiger partial charge in [-0.25, -0.2) is 28.0 Å². The number of ether oxygens (including phenoxy) is 3. The van der Waals surface area contributed by atoms with Crippen molar-refractivity contribution in [1.29, 1.82) is 0 Å². The number of hydrogen-bond donors (Lipinski definition) is 1. The zero-order chi connectivity index (χ0) is 25.1. The van der Waals surface area contributed by atoms with Crippen LogP contribution in [0.4, 0.5) is 0 Å². The number of carbonyl (C=O) groups excluding carboxylic acids is 1. The minimum atomic E-state index is -4.94. The van der Waals surface area contributed by atoms with E-state index in [9.17, 15) is 4.79 Å². The van der Waals surface area contributed by atoms with Crippen molar-refractivity contribution in [1.82, 2.24) is 4.98 Å². The largest absolute Gasteiger partial charge is 0.497 e. The molecule has 0 saturated carbocycles. The quantitative estimate of drug-likeness (QED) is 0.231. The zero-order valence-electron chi connectivity index (χ0n) is 19.6. The molecule has 0 saturated heterocycles. The van der Waals surface area contributed by atoms with Gasteiger partial charge in [0.2, 0.25) is 11.5 Å². The number of carbonyl (C=O) groups is 1. The fourth-order valence-electron chi connectivity index (χ4n) is 4.96. The fourth-order valence-corrected chi connectivity index (χ4v) is 4.96. The summed E-state index contributed by atoms with van der Waals surface area (Å²) in [7, 11) is -0.333. The molecule has 0 unspecified atom stereocenters. The van der Waals surface area contributed by atoms with Crippen molar-refractivity contribution in [2.24, 2.45) is 5.41 Å². The van der Waals surface area contributed by atoms with Crippen molar-refractivity contribution in [3.8, 4) is 5.75 Å². The number of fused-ring (bicyclic) bond motifs is 4. The normalized spacial score (nSPS) is 20.2. The molecule has 186 valence electrons. The molecule has 2 aliphatic rings. The molecule has 0 amide bonds. The molecule has 2 aromatic rings. The van der Waals surface area contributed by atoms with Gasteiger partial charge in [0.15, 0.2) is 0 Å². The van der Waals surface area contributed by atoms with Crippen LogP contribution in [0.1, 0.15) is 37.4 Å². The highest BCUT2D eigenvalue weighted by molar-refractivity contribution is 6.08. The van der Waals surface area contributed by atoms with Crippen LogP contribution in [0.25, 0.3) is 10.9 Å². The number of methoxy groups -OCH3 is 3. The van der Waals surface area contributed by atoms with Crippen molar-refractivity contribution in [2.75, 3.05) is 34.4 Å². The third kappa shape index (κ3) is 5.37. The first kappa shape index (κ1) is 26.0. The van der Waals surface area contributed by atoms with Crippen LogP contribution in [0.15, 0.2) is 30.0 Å². The Labute approximate surface area is 199 Å². The number of esters is 1. The van der Waals surface area contributed by atoms with E-state index < -0.39 is 16.2 Å². The van der Waals surface area contributed by atoms with E-state index in [1.54, 1.807) is 7.11 Å². The second kappa shape index (κ2) is 10.3. The van der Waals surface area contributed by atoms with E-state index in [2.05, 4.69) is 28.6 Å². The minimum absolute atomic E-state index is 0.272.